The molecule has 0 amide bonds. The Balaban J connectivity index is 2.69. The second-order valence-electron chi connectivity index (χ2n) is 3.01. The van der Waals surface area contributed by atoms with Crippen LogP contribution in [0.5, 0.6) is 0 Å². The maximum atomic E-state index is 13.0. The molecule has 2 rings (SSSR count). The van der Waals surface area contributed by atoms with Crippen molar-refractivity contribution in [1.82, 2.24) is 19.6 Å². The van der Waals surface area contributed by atoms with Gasteiger partial charge in [0.1, 0.15) is 0 Å². The number of aromatic nitrogens is 4. The Morgan fingerprint density at radius 2 is 1.76 bits per heavy atom. The summed E-state index contributed by atoms with van der Waals surface area (Å²) in [6.45, 7) is 0. The van der Waals surface area contributed by atoms with Gasteiger partial charge in [0.05, 0.1) is 0 Å². The molecule has 0 aromatic carbocycles. The summed E-state index contributed by atoms with van der Waals surface area (Å²) in [5.41, 5.74) is -0.368. The Bertz CT molecular complexity index is 563. The minimum absolute atomic E-state index is 0.316. The van der Waals surface area contributed by atoms with Gasteiger partial charge in [0.15, 0.2) is 10.8 Å². The third-order valence-corrected chi connectivity index (χ3v) is 2.19. The van der Waals surface area contributed by atoms with Crippen LogP contribution in [0.3, 0.4) is 0 Å². The van der Waals surface area contributed by atoms with Gasteiger partial charge in [0.25, 0.3) is 0 Å². The first-order valence-electron chi connectivity index (χ1n) is 4.05. The SMILES string of the molecule is FC(F)(F)C(F)(F)c1nnc2c(Cl)nccn12. The van der Waals surface area contributed by atoms with Crippen LogP contribution in [0.15, 0.2) is 12.4 Å². The summed E-state index contributed by atoms with van der Waals surface area (Å²) in [6, 6.07) is 0. The topological polar surface area (TPSA) is 43.1 Å². The largest absolute Gasteiger partial charge is 0.461 e. The number of alkyl halides is 5. The van der Waals surface area contributed by atoms with Gasteiger partial charge < -0.3 is 0 Å². The molecule has 0 saturated heterocycles. The van der Waals surface area contributed by atoms with Crippen LogP contribution >= 0.6 is 11.6 Å². The van der Waals surface area contributed by atoms with Crippen molar-refractivity contribution in [2.24, 2.45) is 0 Å². The Morgan fingerprint density at radius 3 is 2.35 bits per heavy atom. The fraction of sp³-hybridized carbons (Fsp3) is 0.286. The van der Waals surface area contributed by atoms with Gasteiger partial charge in [-0.3, -0.25) is 4.40 Å². The van der Waals surface area contributed by atoms with Gasteiger partial charge in [-0.2, -0.15) is 22.0 Å². The molecule has 0 unspecified atom stereocenters. The lowest BCUT2D eigenvalue weighted by Gasteiger charge is -2.17. The normalized spacial score (nSPS) is 13.3. The molecule has 0 radical (unpaired) electrons. The fourth-order valence-electron chi connectivity index (χ4n) is 1.14. The molecule has 0 spiro atoms. The molecule has 4 nitrogen and oxygen atoms in total. The second-order valence-corrected chi connectivity index (χ2v) is 3.37. The van der Waals surface area contributed by atoms with E-state index in [1.54, 1.807) is 0 Å². The van der Waals surface area contributed by atoms with E-state index in [4.69, 9.17) is 11.6 Å². The van der Waals surface area contributed by atoms with E-state index >= 15 is 0 Å². The van der Waals surface area contributed by atoms with Crippen LogP contribution in [0, 0.1) is 0 Å². The van der Waals surface area contributed by atoms with Crippen LogP contribution in [0.2, 0.25) is 5.15 Å². The quantitative estimate of drug-likeness (QED) is 0.749. The number of hydrogen-bond donors (Lipinski definition) is 0. The van der Waals surface area contributed by atoms with E-state index in [2.05, 4.69) is 15.2 Å². The summed E-state index contributed by atoms with van der Waals surface area (Å²) < 4.78 is 63.0. The molecule has 17 heavy (non-hydrogen) atoms. The third-order valence-electron chi connectivity index (χ3n) is 1.92. The zero-order chi connectivity index (χ0) is 12.8. The van der Waals surface area contributed by atoms with Crippen molar-refractivity contribution in [3.63, 3.8) is 0 Å². The molecule has 92 valence electrons. The second kappa shape index (κ2) is 3.49. The lowest BCUT2D eigenvalue weighted by atomic mass is 10.3. The summed E-state index contributed by atoms with van der Waals surface area (Å²) in [5.74, 6) is -6.67. The Labute approximate surface area is 95.0 Å². The average molecular weight is 273 g/mol. The predicted octanol–water partition coefficient (Wildman–Crippen LogP) is 2.43. The molecule has 0 aliphatic carbocycles. The van der Waals surface area contributed by atoms with Gasteiger partial charge in [-0.15, -0.1) is 10.2 Å². The van der Waals surface area contributed by atoms with Crippen molar-refractivity contribution in [3.05, 3.63) is 23.4 Å². The molecular weight excluding hydrogens is 271 g/mol. The first kappa shape index (κ1) is 12.0. The molecule has 2 aromatic rings. The van der Waals surface area contributed by atoms with Crippen molar-refractivity contribution >= 4 is 17.2 Å². The molecule has 2 heterocycles. The number of hydrogen-bond acceptors (Lipinski definition) is 3. The lowest BCUT2D eigenvalue weighted by Crippen LogP contribution is -2.35. The van der Waals surface area contributed by atoms with Gasteiger partial charge in [-0.1, -0.05) is 11.6 Å². The predicted molar refractivity (Wildman–Crippen MR) is 45.7 cm³/mol. The zero-order valence-electron chi connectivity index (χ0n) is 7.71. The maximum Gasteiger partial charge on any atom is 0.461 e. The van der Waals surface area contributed by atoms with Crippen molar-refractivity contribution in [2.75, 3.05) is 0 Å². The van der Waals surface area contributed by atoms with Gasteiger partial charge in [0.2, 0.25) is 5.82 Å². The number of nitrogens with zero attached hydrogens (tertiary/aromatic N) is 4. The van der Waals surface area contributed by atoms with Gasteiger partial charge in [0, 0.05) is 12.4 Å². The first-order valence-corrected chi connectivity index (χ1v) is 4.43. The average Bonchev–Trinajstić information content (AvgIpc) is 2.61. The molecule has 0 atom stereocenters. The van der Waals surface area contributed by atoms with Crippen LogP contribution in [0.25, 0.3) is 5.65 Å². The number of fused-ring (bicyclic) bond motifs is 1. The van der Waals surface area contributed by atoms with Crippen molar-refractivity contribution in [3.8, 4) is 0 Å². The van der Waals surface area contributed by atoms with Gasteiger partial charge >= 0.3 is 12.1 Å². The molecule has 0 bridgehead atoms. The van der Waals surface area contributed by atoms with Crippen LogP contribution in [-0.2, 0) is 5.92 Å². The summed E-state index contributed by atoms with van der Waals surface area (Å²) in [7, 11) is 0. The smallest absolute Gasteiger partial charge is 0.277 e. The van der Waals surface area contributed by atoms with E-state index in [9.17, 15) is 22.0 Å². The molecule has 10 heteroatoms. The summed E-state index contributed by atoms with van der Waals surface area (Å²) >= 11 is 5.47. The highest BCUT2D eigenvalue weighted by Gasteiger charge is 2.62. The number of halogens is 6. The molecule has 0 N–H and O–H groups in total. The molecule has 0 saturated carbocycles. The van der Waals surface area contributed by atoms with Crippen molar-refractivity contribution in [1.29, 1.82) is 0 Å². The van der Waals surface area contributed by atoms with Gasteiger partial charge in [-0.25, -0.2) is 4.98 Å². The first-order chi connectivity index (χ1) is 7.75. The van der Waals surface area contributed by atoms with E-state index in [-0.39, 0.29) is 10.8 Å². The minimum atomic E-state index is -5.76. The van der Waals surface area contributed by atoms with Crippen molar-refractivity contribution < 1.29 is 22.0 Å². The summed E-state index contributed by atoms with van der Waals surface area (Å²) in [5, 5.41) is 5.63. The summed E-state index contributed by atoms with van der Waals surface area (Å²) in [6.07, 6.45) is -3.92. The van der Waals surface area contributed by atoms with E-state index in [1.807, 2.05) is 0 Å². The fourth-order valence-corrected chi connectivity index (χ4v) is 1.32. The number of rotatable bonds is 1. The van der Waals surface area contributed by atoms with Crippen LogP contribution in [-0.4, -0.2) is 25.8 Å². The van der Waals surface area contributed by atoms with Crippen LogP contribution in [0.4, 0.5) is 22.0 Å². The lowest BCUT2D eigenvalue weighted by molar-refractivity contribution is -0.292. The molecule has 0 fully saturated rings. The summed E-state index contributed by atoms with van der Waals surface area (Å²) in [4.78, 5) is 3.48. The van der Waals surface area contributed by atoms with Crippen LogP contribution < -0.4 is 0 Å². The molecule has 0 aliphatic heterocycles. The molecule has 2 aromatic heterocycles. The Kier molecular flexibility index (Phi) is 2.45. The zero-order valence-corrected chi connectivity index (χ0v) is 8.47. The highest BCUT2D eigenvalue weighted by molar-refractivity contribution is 6.32. The van der Waals surface area contributed by atoms with E-state index in [1.165, 1.54) is 0 Å². The Morgan fingerprint density at radius 1 is 1.12 bits per heavy atom. The molecule has 0 aliphatic rings. The van der Waals surface area contributed by atoms with Crippen molar-refractivity contribution in [2.45, 2.75) is 12.1 Å². The van der Waals surface area contributed by atoms with E-state index < -0.39 is 17.9 Å². The molecular formula is C7H2ClF5N4. The van der Waals surface area contributed by atoms with Crippen LogP contribution in [0.1, 0.15) is 5.82 Å². The standard InChI is InChI=1S/C7H2ClF5N4/c8-3-4-15-16-5(17(4)2-1-14-3)6(9,10)7(11,12)13/h1-2H. The highest BCUT2D eigenvalue weighted by atomic mass is 35.5. The maximum absolute atomic E-state index is 13.0. The highest BCUT2D eigenvalue weighted by Crippen LogP contribution is 2.43. The monoisotopic (exact) mass is 272 g/mol. The third kappa shape index (κ3) is 1.70. The van der Waals surface area contributed by atoms with E-state index in [0.29, 0.717) is 4.40 Å². The van der Waals surface area contributed by atoms with Gasteiger partial charge in [-0.05, 0) is 0 Å². The van der Waals surface area contributed by atoms with E-state index in [0.717, 1.165) is 12.4 Å². The minimum Gasteiger partial charge on any atom is -0.277 e. The Hall–Kier alpha value is -1.51.